The molecule has 0 amide bonds. The van der Waals surface area contributed by atoms with Crippen molar-refractivity contribution in [1.82, 2.24) is 0 Å². The fourth-order valence-electron chi connectivity index (χ4n) is 1.33. The van der Waals surface area contributed by atoms with Gasteiger partial charge < -0.3 is 9.47 Å². The molecule has 0 heterocycles. The Labute approximate surface area is 96.9 Å². The molecule has 1 aromatic rings. The van der Waals surface area contributed by atoms with Gasteiger partial charge in [0.25, 0.3) is 0 Å². The Bertz CT molecular complexity index is 462. The summed E-state index contributed by atoms with van der Waals surface area (Å²) in [6, 6.07) is 3.76. The number of aryl methyl sites for hydroxylation is 1. The van der Waals surface area contributed by atoms with E-state index in [-0.39, 0.29) is 0 Å². The van der Waals surface area contributed by atoms with Crippen molar-refractivity contribution < 1.29 is 9.47 Å². The molecule has 2 heteroatoms. The smallest absolute Gasteiger partial charge is 0.138 e. The van der Waals surface area contributed by atoms with Gasteiger partial charge in [0.15, 0.2) is 0 Å². The second kappa shape index (κ2) is 5.27. The summed E-state index contributed by atoms with van der Waals surface area (Å²) in [6.45, 7) is 7.60. The van der Waals surface area contributed by atoms with Gasteiger partial charge in [-0.05, 0) is 31.1 Å². The zero-order chi connectivity index (χ0) is 12.1. The molecule has 0 aromatic heterocycles. The molecule has 1 aromatic carbocycles. The van der Waals surface area contributed by atoms with E-state index in [1.165, 1.54) is 0 Å². The maximum absolute atomic E-state index is 5.29. The molecule has 0 fully saturated rings. The summed E-state index contributed by atoms with van der Waals surface area (Å²) in [6.07, 6.45) is 0. The molecule has 84 valence electrons. The Kier molecular flexibility index (Phi) is 4.02. The van der Waals surface area contributed by atoms with Crippen LogP contribution in [0.1, 0.15) is 18.1 Å². The van der Waals surface area contributed by atoms with Gasteiger partial charge >= 0.3 is 0 Å². The lowest BCUT2D eigenvalue weighted by atomic mass is 10.1. The molecular weight excluding hydrogens is 200 g/mol. The van der Waals surface area contributed by atoms with Crippen molar-refractivity contribution >= 4 is 0 Å². The van der Waals surface area contributed by atoms with Crippen molar-refractivity contribution in [3.8, 4) is 23.3 Å². The van der Waals surface area contributed by atoms with Gasteiger partial charge in [-0.3, -0.25) is 0 Å². The van der Waals surface area contributed by atoms with Crippen LogP contribution in [0.25, 0.3) is 0 Å². The summed E-state index contributed by atoms with van der Waals surface area (Å²) in [5.41, 5.74) is 2.74. The molecule has 0 saturated carbocycles. The Morgan fingerprint density at radius 2 is 1.94 bits per heavy atom. The van der Waals surface area contributed by atoms with Crippen LogP contribution in [0, 0.1) is 18.8 Å². The second-order valence-corrected chi connectivity index (χ2v) is 3.55. The third kappa shape index (κ3) is 2.80. The highest BCUT2D eigenvalue weighted by Gasteiger charge is 2.06. The first kappa shape index (κ1) is 12.2. The topological polar surface area (TPSA) is 18.5 Å². The van der Waals surface area contributed by atoms with E-state index in [4.69, 9.17) is 9.47 Å². The Morgan fingerprint density at radius 3 is 2.44 bits per heavy atom. The van der Waals surface area contributed by atoms with Crippen molar-refractivity contribution in [2.75, 3.05) is 14.2 Å². The van der Waals surface area contributed by atoms with Gasteiger partial charge in [-0.2, -0.15) is 0 Å². The Hall–Kier alpha value is -1.88. The minimum Gasteiger partial charge on any atom is -0.497 e. The minimum absolute atomic E-state index is 0.727. The predicted octanol–water partition coefficient (Wildman–Crippen LogP) is 2.94. The summed E-state index contributed by atoms with van der Waals surface area (Å²) in [4.78, 5) is 0. The number of ether oxygens (including phenoxy) is 2. The molecule has 0 aliphatic rings. The molecule has 0 atom stereocenters. The molecule has 0 bridgehead atoms. The van der Waals surface area contributed by atoms with Crippen LogP contribution in [0.15, 0.2) is 24.3 Å². The maximum atomic E-state index is 5.29. The van der Waals surface area contributed by atoms with Gasteiger partial charge in [0.1, 0.15) is 11.5 Å². The summed E-state index contributed by atoms with van der Waals surface area (Å²) in [5.74, 6) is 7.50. The molecule has 2 nitrogen and oxygen atoms in total. The predicted molar refractivity (Wildman–Crippen MR) is 66.0 cm³/mol. The highest BCUT2D eigenvalue weighted by atomic mass is 16.5. The normalized spacial score (nSPS) is 9.00. The molecule has 16 heavy (non-hydrogen) atoms. The van der Waals surface area contributed by atoms with Crippen LogP contribution in [0.3, 0.4) is 0 Å². The van der Waals surface area contributed by atoms with Crippen molar-refractivity contribution in [3.63, 3.8) is 0 Å². The largest absolute Gasteiger partial charge is 0.497 e. The molecule has 0 aliphatic heterocycles. The first-order chi connectivity index (χ1) is 7.58. The number of methoxy groups -OCH3 is 2. The Morgan fingerprint density at radius 1 is 1.25 bits per heavy atom. The molecule has 0 spiro atoms. The first-order valence-corrected chi connectivity index (χ1v) is 4.98. The highest BCUT2D eigenvalue weighted by Crippen LogP contribution is 2.27. The standard InChI is InChI=1S/C14H16O2/c1-10(2)6-7-13-11(3)8-12(15-4)9-14(13)16-5/h8-9H,1H2,2-5H3. The van der Waals surface area contributed by atoms with E-state index in [2.05, 4.69) is 18.4 Å². The third-order valence-electron chi connectivity index (χ3n) is 2.13. The van der Waals surface area contributed by atoms with Gasteiger partial charge in [-0.1, -0.05) is 18.4 Å². The lowest BCUT2D eigenvalue weighted by molar-refractivity contribution is 0.393. The fraction of sp³-hybridized carbons (Fsp3) is 0.286. The van der Waals surface area contributed by atoms with E-state index in [0.717, 1.165) is 28.2 Å². The number of allylic oxidation sites excluding steroid dienone is 1. The zero-order valence-corrected chi connectivity index (χ0v) is 10.2. The summed E-state index contributed by atoms with van der Waals surface area (Å²) in [7, 11) is 3.26. The quantitative estimate of drug-likeness (QED) is 0.708. The highest BCUT2D eigenvalue weighted by molar-refractivity contribution is 5.55. The first-order valence-electron chi connectivity index (χ1n) is 4.98. The average molecular weight is 216 g/mol. The minimum atomic E-state index is 0.727. The fourth-order valence-corrected chi connectivity index (χ4v) is 1.33. The van der Waals surface area contributed by atoms with E-state index < -0.39 is 0 Å². The van der Waals surface area contributed by atoms with E-state index in [9.17, 15) is 0 Å². The monoisotopic (exact) mass is 216 g/mol. The van der Waals surface area contributed by atoms with Gasteiger partial charge in [0, 0.05) is 6.07 Å². The number of hydrogen-bond donors (Lipinski definition) is 0. The molecule has 1 rings (SSSR count). The van der Waals surface area contributed by atoms with Crippen LogP contribution in [-0.4, -0.2) is 14.2 Å². The van der Waals surface area contributed by atoms with Crippen LogP contribution in [0.5, 0.6) is 11.5 Å². The SMILES string of the molecule is C=C(C)C#Cc1c(C)cc(OC)cc1OC. The molecule has 0 N–H and O–H groups in total. The van der Waals surface area contributed by atoms with Crippen molar-refractivity contribution in [3.05, 3.63) is 35.4 Å². The van der Waals surface area contributed by atoms with Gasteiger partial charge in [-0.15, -0.1) is 0 Å². The number of benzene rings is 1. The van der Waals surface area contributed by atoms with Crippen molar-refractivity contribution in [1.29, 1.82) is 0 Å². The molecule has 0 saturated heterocycles. The van der Waals surface area contributed by atoms with Crippen LogP contribution in [0.2, 0.25) is 0 Å². The van der Waals surface area contributed by atoms with Gasteiger partial charge in [0.2, 0.25) is 0 Å². The lowest BCUT2D eigenvalue weighted by Crippen LogP contribution is -1.93. The van der Waals surface area contributed by atoms with Crippen molar-refractivity contribution in [2.45, 2.75) is 13.8 Å². The van der Waals surface area contributed by atoms with Crippen molar-refractivity contribution in [2.24, 2.45) is 0 Å². The molecular formula is C14H16O2. The lowest BCUT2D eigenvalue weighted by Gasteiger charge is -2.09. The third-order valence-corrected chi connectivity index (χ3v) is 2.13. The zero-order valence-electron chi connectivity index (χ0n) is 10.2. The van der Waals surface area contributed by atoms with E-state index in [1.807, 2.05) is 26.0 Å². The molecule has 0 radical (unpaired) electrons. The van der Waals surface area contributed by atoms with E-state index in [1.54, 1.807) is 14.2 Å². The van der Waals surface area contributed by atoms with Crippen LogP contribution in [-0.2, 0) is 0 Å². The average Bonchev–Trinajstić information content (AvgIpc) is 2.26. The van der Waals surface area contributed by atoms with Gasteiger partial charge in [0.05, 0.1) is 19.8 Å². The van der Waals surface area contributed by atoms with Gasteiger partial charge in [-0.25, -0.2) is 0 Å². The van der Waals surface area contributed by atoms with Crippen LogP contribution < -0.4 is 9.47 Å². The summed E-state index contributed by atoms with van der Waals surface area (Å²) >= 11 is 0. The second-order valence-electron chi connectivity index (χ2n) is 3.55. The number of rotatable bonds is 2. The molecule has 0 unspecified atom stereocenters. The van der Waals surface area contributed by atoms with Crippen LogP contribution in [0.4, 0.5) is 0 Å². The summed E-state index contributed by atoms with van der Waals surface area (Å²) < 4.78 is 10.5. The Balaban J connectivity index is 3.28. The molecule has 0 aliphatic carbocycles. The van der Waals surface area contributed by atoms with E-state index in [0.29, 0.717) is 0 Å². The summed E-state index contributed by atoms with van der Waals surface area (Å²) in [5, 5.41) is 0. The van der Waals surface area contributed by atoms with E-state index >= 15 is 0 Å². The van der Waals surface area contributed by atoms with Crippen LogP contribution >= 0.6 is 0 Å². The number of hydrogen-bond acceptors (Lipinski definition) is 2. The maximum Gasteiger partial charge on any atom is 0.138 e.